The minimum absolute atomic E-state index is 0.300. The summed E-state index contributed by atoms with van der Waals surface area (Å²) in [7, 11) is 0. The van der Waals surface area contributed by atoms with Gasteiger partial charge in [-0.25, -0.2) is 9.37 Å². The summed E-state index contributed by atoms with van der Waals surface area (Å²) in [5.74, 6) is 0.962. The molecule has 3 nitrogen and oxygen atoms in total. The van der Waals surface area contributed by atoms with Crippen LogP contribution in [0, 0.1) is 11.7 Å². The first-order valence-corrected chi connectivity index (χ1v) is 6.42. The molecular formula is C14H17FN2O. The van der Waals surface area contributed by atoms with Crippen molar-refractivity contribution in [3.8, 4) is 0 Å². The van der Waals surface area contributed by atoms with Crippen LogP contribution in [-0.2, 0) is 5.54 Å². The van der Waals surface area contributed by atoms with Crippen molar-refractivity contribution in [1.29, 1.82) is 0 Å². The summed E-state index contributed by atoms with van der Waals surface area (Å²) in [6, 6.07) is 4.37. The van der Waals surface area contributed by atoms with Crippen LogP contribution in [0.4, 0.5) is 4.39 Å². The molecule has 0 saturated heterocycles. The van der Waals surface area contributed by atoms with Crippen LogP contribution in [0.15, 0.2) is 22.6 Å². The van der Waals surface area contributed by atoms with Gasteiger partial charge < -0.3 is 10.2 Å². The van der Waals surface area contributed by atoms with Gasteiger partial charge in [0, 0.05) is 6.07 Å². The van der Waals surface area contributed by atoms with Crippen LogP contribution in [0.3, 0.4) is 0 Å². The van der Waals surface area contributed by atoms with Crippen LogP contribution in [-0.4, -0.2) is 4.98 Å². The molecule has 0 amide bonds. The maximum absolute atomic E-state index is 13.1. The molecule has 4 heteroatoms. The van der Waals surface area contributed by atoms with Gasteiger partial charge in [0.05, 0.1) is 5.54 Å². The number of fused-ring (bicyclic) bond motifs is 1. The van der Waals surface area contributed by atoms with Crippen molar-refractivity contribution < 1.29 is 8.81 Å². The Hall–Kier alpha value is -1.42. The number of rotatable bonds is 1. The third-order valence-corrected chi connectivity index (χ3v) is 3.94. The van der Waals surface area contributed by atoms with Crippen molar-refractivity contribution in [1.82, 2.24) is 4.98 Å². The first-order valence-electron chi connectivity index (χ1n) is 6.42. The van der Waals surface area contributed by atoms with E-state index in [1.165, 1.54) is 12.1 Å². The van der Waals surface area contributed by atoms with Gasteiger partial charge in [-0.05, 0) is 43.7 Å². The lowest BCUT2D eigenvalue weighted by atomic mass is 9.78. The maximum atomic E-state index is 13.1. The molecule has 0 unspecified atom stereocenters. The molecule has 18 heavy (non-hydrogen) atoms. The topological polar surface area (TPSA) is 52.0 Å². The van der Waals surface area contributed by atoms with E-state index in [1.54, 1.807) is 6.07 Å². The quantitative estimate of drug-likeness (QED) is 0.842. The van der Waals surface area contributed by atoms with E-state index in [1.807, 2.05) is 0 Å². The Morgan fingerprint density at radius 2 is 2.11 bits per heavy atom. The smallest absolute Gasteiger partial charge is 0.215 e. The Labute approximate surface area is 105 Å². The van der Waals surface area contributed by atoms with Crippen molar-refractivity contribution in [2.24, 2.45) is 11.7 Å². The maximum Gasteiger partial charge on any atom is 0.215 e. The fourth-order valence-corrected chi connectivity index (χ4v) is 2.60. The monoisotopic (exact) mass is 248 g/mol. The molecular weight excluding hydrogens is 231 g/mol. The normalized spacial score (nSPS) is 28.7. The molecule has 3 rings (SSSR count). The summed E-state index contributed by atoms with van der Waals surface area (Å²) in [4.78, 5) is 4.36. The number of nitrogens with zero attached hydrogens (tertiary/aromatic N) is 1. The summed E-state index contributed by atoms with van der Waals surface area (Å²) < 4.78 is 18.8. The second-order valence-corrected chi connectivity index (χ2v) is 5.47. The van der Waals surface area contributed by atoms with Crippen LogP contribution in [0.5, 0.6) is 0 Å². The van der Waals surface area contributed by atoms with E-state index in [9.17, 15) is 4.39 Å². The van der Waals surface area contributed by atoms with Crippen LogP contribution < -0.4 is 5.73 Å². The second-order valence-electron chi connectivity index (χ2n) is 5.47. The Morgan fingerprint density at radius 3 is 2.83 bits per heavy atom. The van der Waals surface area contributed by atoms with E-state index in [4.69, 9.17) is 10.2 Å². The van der Waals surface area contributed by atoms with Crippen LogP contribution in [0.2, 0.25) is 0 Å². The molecule has 1 aromatic heterocycles. The first-order chi connectivity index (χ1) is 8.57. The number of nitrogens with two attached hydrogens (primary N) is 1. The summed E-state index contributed by atoms with van der Waals surface area (Å²) in [5, 5.41) is 0. The molecule has 1 aliphatic rings. The summed E-state index contributed by atoms with van der Waals surface area (Å²) in [6.07, 6.45) is 3.93. The lowest BCUT2D eigenvalue weighted by Crippen LogP contribution is -2.40. The zero-order valence-corrected chi connectivity index (χ0v) is 10.4. The first kappa shape index (κ1) is 11.7. The van der Waals surface area contributed by atoms with Crippen molar-refractivity contribution in [2.45, 2.75) is 38.1 Å². The predicted molar refractivity (Wildman–Crippen MR) is 67.5 cm³/mol. The fourth-order valence-electron chi connectivity index (χ4n) is 2.60. The van der Waals surface area contributed by atoms with Gasteiger partial charge >= 0.3 is 0 Å². The molecule has 1 fully saturated rings. The number of hydrogen-bond donors (Lipinski definition) is 1. The molecule has 0 aliphatic heterocycles. The number of benzene rings is 1. The molecule has 0 atom stereocenters. The Balaban J connectivity index is 1.98. The predicted octanol–water partition coefficient (Wildman–Crippen LogP) is 3.33. The minimum Gasteiger partial charge on any atom is -0.439 e. The van der Waals surface area contributed by atoms with Crippen LogP contribution in [0.25, 0.3) is 11.1 Å². The third-order valence-electron chi connectivity index (χ3n) is 3.94. The van der Waals surface area contributed by atoms with E-state index in [2.05, 4.69) is 11.9 Å². The van der Waals surface area contributed by atoms with E-state index in [0.29, 0.717) is 22.9 Å². The van der Waals surface area contributed by atoms with Gasteiger partial charge in [-0.15, -0.1) is 0 Å². The van der Waals surface area contributed by atoms with E-state index in [0.717, 1.165) is 25.7 Å². The Bertz CT molecular complexity index is 570. The Kier molecular flexibility index (Phi) is 2.63. The second kappa shape index (κ2) is 4.05. The van der Waals surface area contributed by atoms with Gasteiger partial charge in [0.1, 0.15) is 11.3 Å². The van der Waals surface area contributed by atoms with Gasteiger partial charge in [-0.3, -0.25) is 0 Å². The highest BCUT2D eigenvalue weighted by molar-refractivity contribution is 5.72. The number of halogens is 1. The molecule has 96 valence electrons. The van der Waals surface area contributed by atoms with Gasteiger partial charge in [-0.1, -0.05) is 6.92 Å². The zero-order valence-electron chi connectivity index (χ0n) is 10.4. The minimum atomic E-state index is -0.484. The highest BCUT2D eigenvalue weighted by Gasteiger charge is 2.36. The molecule has 0 spiro atoms. The SMILES string of the molecule is CC1CCC(N)(c2nc3cc(F)ccc3o2)CC1. The van der Waals surface area contributed by atoms with Gasteiger partial charge in [-0.2, -0.15) is 0 Å². The zero-order chi connectivity index (χ0) is 12.8. The average molecular weight is 248 g/mol. The molecule has 1 aliphatic carbocycles. The van der Waals surface area contributed by atoms with E-state index < -0.39 is 5.54 Å². The average Bonchev–Trinajstić information content (AvgIpc) is 2.77. The summed E-state index contributed by atoms with van der Waals surface area (Å²) in [6.45, 7) is 2.24. The lowest BCUT2D eigenvalue weighted by molar-refractivity contribution is 0.209. The van der Waals surface area contributed by atoms with Crippen LogP contribution >= 0.6 is 0 Å². The molecule has 0 radical (unpaired) electrons. The molecule has 0 bridgehead atoms. The van der Waals surface area contributed by atoms with Crippen molar-refractivity contribution >= 4 is 11.1 Å². The van der Waals surface area contributed by atoms with Gasteiger partial charge in [0.2, 0.25) is 5.89 Å². The largest absolute Gasteiger partial charge is 0.439 e. The van der Waals surface area contributed by atoms with Crippen molar-refractivity contribution in [3.63, 3.8) is 0 Å². The molecule has 2 N–H and O–H groups in total. The van der Waals surface area contributed by atoms with E-state index in [-0.39, 0.29) is 5.82 Å². The molecule has 1 heterocycles. The van der Waals surface area contributed by atoms with Crippen LogP contribution in [0.1, 0.15) is 38.5 Å². The molecule has 2 aromatic rings. The highest BCUT2D eigenvalue weighted by Crippen LogP contribution is 2.37. The standard InChI is InChI=1S/C14H17FN2O/c1-9-4-6-14(16,7-5-9)13-17-11-8-10(15)2-3-12(11)18-13/h2-3,8-9H,4-7,16H2,1H3. The fraction of sp³-hybridized carbons (Fsp3) is 0.500. The summed E-state index contributed by atoms with van der Waals surface area (Å²) >= 11 is 0. The van der Waals surface area contributed by atoms with Gasteiger partial charge in [0.25, 0.3) is 0 Å². The third kappa shape index (κ3) is 1.90. The number of hydrogen-bond acceptors (Lipinski definition) is 3. The lowest BCUT2D eigenvalue weighted by Gasteiger charge is -2.33. The molecule has 1 aromatic carbocycles. The van der Waals surface area contributed by atoms with E-state index >= 15 is 0 Å². The van der Waals surface area contributed by atoms with Crippen molar-refractivity contribution in [2.75, 3.05) is 0 Å². The van der Waals surface area contributed by atoms with Crippen molar-refractivity contribution in [3.05, 3.63) is 29.9 Å². The highest BCUT2D eigenvalue weighted by atomic mass is 19.1. The number of oxazole rings is 1. The molecule has 1 saturated carbocycles. The van der Waals surface area contributed by atoms with Gasteiger partial charge in [0.15, 0.2) is 5.58 Å². The summed E-state index contributed by atoms with van der Waals surface area (Å²) in [5.41, 5.74) is 7.07. The number of aromatic nitrogens is 1. The Morgan fingerprint density at radius 1 is 1.39 bits per heavy atom.